The Balaban J connectivity index is 2.19. The summed E-state index contributed by atoms with van der Waals surface area (Å²) in [5.41, 5.74) is 2.16. The van der Waals surface area contributed by atoms with E-state index in [2.05, 4.69) is 30.2 Å². The molecule has 2 aromatic rings. The van der Waals surface area contributed by atoms with Gasteiger partial charge in [0.1, 0.15) is 11.8 Å². The highest BCUT2D eigenvalue weighted by Crippen LogP contribution is 2.18. The predicted molar refractivity (Wildman–Crippen MR) is 80.5 cm³/mol. The van der Waals surface area contributed by atoms with Crippen LogP contribution in [0.3, 0.4) is 0 Å². The van der Waals surface area contributed by atoms with Crippen LogP contribution in [0.1, 0.15) is 44.5 Å². The van der Waals surface area contributed by atoms with E-state index in [0.717, 1.165) is 49.4 Å². The second-order valence-corrected chi connectivity index (χ2v) is 4.85. The standard InChI is InChI=1S/C16H20N4O/c1-3-5-11-21-14-9-7-13(8-10-14)20-16(6-4-2)15(12-17)18-19-20/h7-10H,3-6,11H2,1-2H3. The zero-order valence-electron chi connectivity index (χ0n) is 12.5. The van der Waals surface area contributed by atoms with Crippen LogP contribution in [-0.4, -0.2) is 21.6 Å². The molecule has 1 aromatic heterocycles. The maximum absolute atomic E-state index is 9.08. The number of nitriles is 1. The van der Waals surface area contributed by atoms with Crippen molar-refractivity contribution in [2.45, 2.75) is 39.5 Å². The summed E-state index contributed by atoms with van der Waals surface area (Å²) in [5, 5.41) is 17.1. The molecule has 110 valence electrons. The van der Waals surface area contributed by atoms with Crippen LogP contribution in [0.4, 0.5) is 0 Å². The average molecular weight is 284 g/mol. The molecule has 0 saturated carbocycles. The number of rotatable bonds is 7. The highest BCUT2D eigenvalue weighted by molar-refractivity contribution is 5.40. The Morgan fingerprint density at radius 3 is 2.57 bits per heavy atom. The minimum Gasteiger partial charge on any atom is -0.494 e. The Morgan fingerprint density at radius 2 is 1.95 bits per heavy atom. The first-order chi connectivity index (χ1) is 10.3. The summed E-state index contributed by atoms with van der Waals surface area (Å²) in [5.74, 6) is 0.852. The van der Waals surface area contributed by atoms with Gasteiger partial charge in [-0.2, -0.15) is 5.26 Å². The molecule has 0 bridgehead atoms. The van der Waals surface area contributed by atoms with Gasteiger partial charge in [0.15, 0.2) is 5.69 Å². The first-order valence-electron chi connectivity index (χ1n) is 7.38. The molecular formula is C16H20N4O. The van der Waals surface area contributed by atoms with Gasteiger partial charge in [-0.3, -0.25) is 0 Å². The van der Waals surface area contributed by atoms with Crippen molar-refractivity contribution in [3.8, 4) is 17.5 Å². The van der Waals surface area contributed by atoms with Gasteiger partial charge in [-0.05, 0) is 37.1 Å². The van der Waals surface area contributed by atoms with Crippen molar-refractivity contribution >= 4 is 0 Å². The lowest BCUT2D eigenvalue weighted by Crippen LogP contribution is -2.03. The number of aromatic nitrogens is 3. The minimum absolute atomic E-state index is 0.403. The first kappa shape index (κ1) is 15.0. The zero-order chi connectivity index (χ0) is 15.1. The molecule has 0 atom stereocenters. The van der Waals surface area contributed by atoms with Crippen LogP contribution in [0, 0.1) is 11.3 Å². The monoisotopic (exact) mass is 284 g/mol. The van der Waals surface area contributed by atoms with Gasteiger partial charge in [0.05, 0.1) is 18.0 Å². The quantitative estimate of drug-likeness (QED) is 0.732. The Morgan fingerprint density at radius 1 is 1.19 bits per heavy atom. The summed E-state index contributed by atoms with van der Waals surface area (Å²) in [6.07, 6.45) is 3.90. The molecule has 21 heavy (non-hydrogen) atoms. The second kappa shape index (κ2) is 7.44. The van der Waals surface area contributed by atoms with E-state index in [1.165, 1.54) is 0 Å². The van der Waals surface area contributed by atoms with Gasteiger partial charge in [-0.15, -0.1) is 5.10 Å². The molecule has 0 saturated heterocycles. The summed E-state index contributed by atoms with van der Waals surface area (Å²) >= 11 is 0. The normalized spacial score (nSPS) is 10.3. The van der Waals surface area contributed by atoms with E-state index in [9.17, 15) is 0 Å². The van der Waals surface area contributed by atoms with Crippen molar-refractivity contribution in [3.63, 3.8) is 0 Å². The Hall–Kier alpha value is -2.35. The average Bonchev–Trinajstić information content (AvgIpc) is 2.91. The van der Waals surface area contributed by atoms with Crippen molar-refractivity contribution in [2.24, 2.45) is 0 Å². The fourth-order valence-electron chi connectivity index (χ4n) is 2.07. The summed E-state index contributed by atoms with van der Waals surface area (Å²) in [7, 11) is 0. The van der Waals surface area contributed by atoms with Gasteiger partial charge in [0.2, 0.25) is 0 Å². The third-order valence-corrected chi connectivity index (χ3v) is 3.20. The number of nitrogens with zero attached hydrogens (tertiary/aromatic N) is 4. The van der Waals surface area contributed by atoms with E-state index < -0.39 is 0 Å². The number of benzene rings is 1. The smallest absolute Gasteiger partial charge is 0.186 e. The molecule has 0 aliphatic heterocycles. The van der Waals surface area contributed by atoms with Crippen molar-refractivity contribution < 1.29 is 4.74 Å². The summed E-state index contributed by atoms with van der Waals surface area (Å²) in [4.78, 5) is 0. The van der Waals surface area contributed by atoms with Crippen LogP contribution in [0.15, 0.2) is 24.3 Å². The van der Waals surface area contributed by atoms with Crippen molar-refractivity contribution in [1.29, 1.82) is 5.26 Å². The van der Waals surface area contributed by atoms with Gasteiger partial charge in [-0.25, -0.2) is 4.68 Å². The molecule has 2 rings (SSSR count). The topological polar surface area (TPSA) is 63.7 Å². The molecule has 0 aliphatic carbocycles. The summed E-state index contributed by atoms with van der Waals surface area (Å²) in [6.45, 7) is 4.95. The van der Waals surface area contributed by atoms with Crippen LogP contribution in [-0.2, 0) is 6.42 Å². The second-order valence-electron chi connectivity index (χ2n) is 4.85. The number of hydrogen-bond donors (Lipinski definition) is 0. The summed E-state index contributed by atoms with van der Waals surface area (Å²) < 4.78 is 7.38. The molecule has 0 radical (unpaired) electrons. The Kier molecular flexibility index (Phi) is 5.33. The minimum atomic E-state index is 0.403. The van der Waals surface area contributed by atoms with Crippen LogP contribution >= 0.6 is 0 Å². The van der Waals surface area contributed by atoms with Crippen LogP contribution in [0.2, 0.25) is 0 Å². The number of hydrogen-bond acceptors (Lipinski definition) is 4. The van der Waals surface area contributed by atoms with Gasteiger partial charge in [-0.1, -0.05) is 31.9 Å². The number of unbranched alkanes of at least 4 members (excludes halogenated alkanes) is 1. The van der Waals surface area contributed by atoms with E-state index in [1.807, 2.05) is 24.3 Å². The molecule has 5 nitrogen and oxygen atoms in total. The Labute approximate surface area is 125 Å². The highest BCUT2D eigenvalue weighted by Gasteiger charge is 2.13. The van der Waals surface area contributed by atoms with Gasteiger partial charge in [0, 0.05) is 0 Å². The van der Waals surface area contributed by atoms with Crippen LogP contribution < -0.4 is 4.74 Å². The van der Waals surface area contributed by atoms with E-state index in [-0.39, 0.29) is 0 Å². The fraction of sp³-hybridized carbons (Fsp3) is 0.438. The van der Waals surface area contributed by atoms with Gasteiger partial charge >= 0.3 is 0 Å². The summed E-state index contributed by atoms with van der Waals surface area (Å²) in [6, 6.07) is 9.83. The maximum Gasteiger partial charge on any atom is 0.186 e. The van der Waals surface area contributed by atoms with Crippen molar-refractivity contribution in [1.82, 2.24) is 15.0 Å². The van der Waals surface area contributed by atoms with Crippen molar-refractivity contribution in [3.05, 3.63) is 35.7 Å². The largest absolute Gasteiger partial charge is 0.494 e. The molecule has 5 heteroatoms. The third-order valence-electron chi connectivity index (χ3n) is 3.20. The lowest BCUT2D eigenvalue weighted by molar-refractivity contribution is 0.309. The van der Waals surface area contributed by atoms with E-state index >= 15 is 0 Å². The molecule has 0 spiro atoms. The van der Waals surface area contributed by atoms with Gasteiger partial charge in [0.25, 0.3) is 0 Å². The van der Waals surface area contributed by atoms with Crippen LogP contribution in [0.5, 0.6) is 5.75 Å². The zero-order valence-corrected chi connectivity index (χ0v) is 12.5. The van der Waals surface area contributed by atoms with Crippen molar-refractivity contribution in [2.75, 3.05) is 6.61 Å². The van der Waals surface area contributed by atoms with E-state index in [0.29, 0.717) is 5.69 Å². The molecule has 0 unspecified atom stereocenters. The molecule has 0 fully saturated rings. The molecule has 0 aliphatic rings. The third kappa shape index (κ3) is 3.60. The lowest BCUT2D eigenvalue weighted by Gasteiger charge is -2.08. The highest BCUT2D eigenvalue weighted by atomic mass is 16.5. The van der Waals surface area contributed by atoms with E-state index in [4.69, 9.17) is 10.00 Å². The molecule has 1 aromatic carbocycles. The molecule has 1 heterocycles. The molecular weight excluding hydrogens is 264 g/mol. The first-order valence-corrected chi connectivity index (χ1v) is 7.38. The number of ether oxygens (including phenoxy) is 1. The molecule has 0 amide bonds. The van der Waals surface area contributed by atoms with Crippen LogP contribution in [0.25, 0.3) is 5.69 Å². The van der Waals surface area contributed by atoms with E-state index in [1.54, 1.807) is 4.68 Å². The SMILES string of the molecule is CCCCOc1ccc(-n2nnc(C#N)c2CCC)cc1. The lowest BCUT2D eigenvalue weighted by atomic mass is 10.2. The maximum atomic E-state index is 9.08. The molecule has 0 N–H and O–H groups in total. The predicted octanol–water partition coefficient (Wildman–Crippen LogP) is 3.27. The van der Waals surface area contributed by atoms with Gasteiger partial charge < -0.3 is 4.74 Å². The fourth-order valence-corrected chi connectivity index (χ4v) is 2.07. The Bertz CT molecular complexity index is 610.